The fourth-order valence-corrected chi connectivity index (χ4v) is 2.26. The molecule has 0 saturated carbocycles. The third-order valence-corrected chi connectivity index (χ3v) is 3.64. The molecule has 1 atom stereocenters. The second-order valence-electron chi connectivity index (χ2n) is 5.16. The van der Waals surface area contributed by atoms with Gasteiger partial charge in [0.25, 0.3) is 0 Å². The highest BCUT2D eigenvalue weighted by Crippen LogP contribution is 2.03. The Morgan fingerprint density at radius 3 is 1.78 bits per heavy atom. The van der Waals surface area contributed by atoms with Crippen LogP contribution in [0, 0.1) is 0 Å². The molecule has 0 spiro atoms. The molecule has 0 radical (unpaired) electrons. The predicted octanol–water partition coefficient (Wildman–Crippen LogP) is 2.59. The molecule has 0 aliphatic rings. The van der Waals surface area contributed by atoms with E-state index in [0.29, 0.717) is 0 Å². The van der Waals surface area contributed by atoms with Crippen LogP contribution in [0.15, 0.2) is 0 Å². The zero-order valence-corrected chi connectivity index (χ0v) is 13.0. The summed E-state index contributed by atoms with van der Waals surface area (Å²) in [5.41, 5.74) is 0. The Morgan fingerprint density at radius 1 is 0.778 bits per heavy atom. The van der Waals surface area contributed by atoms with Crippen LogP contribution in [-0.2, 0) is 0 Å². The Hall–Kier alpha value is -0.120. The van der Waals surface area contributed by atoms with E-state index in [9.17, 15) is 5.11 Å². The number of hydrogen-bond donors (Lipinski definition) is 1. The second kappa shape index (κ2) is 11.9. The van der Waals surface area contributed by atoms with Crippen LogP contribution in [0.1, 0.15) is 53.4 Å². The first kappa shape index (κ1) is 17.9. The zero-order chi connectivity index (χ0) is 13.8. The van der Waals surface area contributed by atoms with E-state index in [0.717, 1.165) is 32.5 Å². The maximum atomic E-state index is 9.21. The van der Waals surface area contributed by atoms with E-state index in [4.69, 9.17) is 0 Å². The lowest BCUT2D eigenvalue weighted by atomic mass is 10.1. The van der Waals surface area contributed by atoms with E-state index >= 15 is 0 Å². The Labute approximate surface area is 114 Å². The summed E-state index contributed by atoms with van der Waals surface area (Å²) in [5.74, 6) is 0. The van der Waals surface area contributed by atoms with E-state index < -0.39 is 0 Å². The van der Waals surface area contributed by atoms with Gasteiger partial charge in [0.15, 0.2) is 0 Å². The average molecular weight is 258 g/mol. The van der Waals surface area contributed by atoms with E-state index in [1.165, 1.54) is 32.5 Å². The minimum absolute atomic E-state index is 0.136. The summed E-state index contributed by atoms with van der Waals surface area (Å²) in [6.07, 6.45) is 4.43. The normalized spacial score (nSPS) is 13.5. The first-order valence-corrected chi connectivity index (χ1v) is 7.76. The molecule has 110 valence electrons. The van der Waals surface area contributed by atoms with Gasteiger partial charge in [-0.3, -0.25) is 0 Å². The first-order valence-electron chi connectivity index (χ1n) is 7.76. The van der Waals surface area contributed by atoms with E-state index in [-0.39, 0.29) is 6.10 Å². The Kier molecular flexibility index (Phi) is 11.9. The fourth-order valence-electron chi connectivity index (χ4n) is 2.26. The Bertz CT molecular complexity index is 170. The van der Waals surface area contributed by atoms with E-state index in [1.54, 1.807) is 0 Å². The SMILES string of the molecule is CCN(CC)CCCN(CC)CCCCC(C)O. The highest BCUT2D eigenvalue weighted by Gasteiger charge is 2.04. The zero-order valence-electron chi connectivity index (χ0n) is 13.0. The molecule has 0 fully saturated rings. The number of aliphatic hydroxyl groups excluding tert-OH is 1. The monoisotopic (exact) mass is 258 g/mol. The topological polar surface area (TPSA) is 26.7 Å². The molecule has 0 heterocycles. The maximum Gasteiger partial charge on any atom is 0.0512 e. The summed E-state index contributed by atoms with van der Waals surface area (Å²) < 4.78 is 0. The lowest BCUT2D eigenvalue weighted by Crippen LogP contribution is -2.30. The standard InChI is InChI=1S/C15H34N2O/c1-5-16(6-2)13-10-14-17(7-3)12-9-8-11-15(4)18/h15,18H,5-14H2,1-4H3. The number of hydrogen-bond acceptors (Lipinski definition) is 3. The maximum absolute atomic E-state index is 9.21. The highest BCUT2D eigenvalue weighted by molar-refractivity contribution is 4.60. The van der Waals surface area contributed by atoms with Crippen LogP contribution in [-0.4, -0.2) is 60.3 Å². The van der Waals surface area contributed by atoms with Gasteiger partial charge in [0, 0.05) is 0 Å². The number of nitrogens with zero attached hydrogens (tertiary/aromatic N) is 2. The molecule has 18 heavy (non-hydrogen) atoms. The molecular formula is C15H34N2O. The molecule has 0 bridgehead atoms. The molecule has 0 amide bonds. The van der Waals surface area contributed by atoms with Gasteiger partial charge in [-0.2, -0.15) is 0 Å². The third-order valence-electron chi connectivity index (χ3n) is 3.64. The van der Waals surface area contributed by atoms with Crippen LogP contribution >= 0.6 is 0 Å². The number of aliphatic hydroxyl groups is 1. The summed E-state index contributed by atoms with van der Waals surface area (Å²) in [6, 6.07) is 0. The number of unbranched alkanes of at least 4 members (excludes halogenated alkanes) is 1. The van der Waals surface area contributed by atoms with Crippen LogP contribution in [0.2, 0.25) is 0 Å². The van der Waals surface area contributed by atoms with E-state index in [2.05, 4.69) is 30.6 Å². The molecule has 1 unspecified atom stereocenters. The van der Waals surface area contributed by atoms with Crippen molar-refractivity contribution in [2.24, 2.45) is 0 Å². The summed E-state index contributed by atoms with van der Waals surface area (Å²) in [5, 5.41) is 9.21. The van der Waals surface area contributed by atoms with Gasteiger partial charge < -0.3 is 14.9 Å². The Balaban J connectivity index is 3.57. The summed E-state index contributed by atoms with van der Waals surface area (Å²) in [6.45, 7) is 15.7. The van der Waals surface area contributed by atoms with Gasteiger partial charge in [0.2, 0.25) is 0 Å². The first-order chi connectivity index (χ1) is 8.63. The van der Waals surface area contributed by atoms with Crippen LogP contribution < -0.4 is 0 Å². The summed E-state index contributed by atoms with van der Waals surface area (Å²) in [7, 11) is 0. The highest BCUT2D eigenvalue weighted by atomic mass is 16.3. The van der Waals surface area contributed by atoms with Crippen molar-refractivity contribution >= 4 is 0 Å². The fraction of sp³-hybridized carbons (Fsp3) is 1.00. The van der Waals surface area contributed by atoms with Crippen molar-refractivity contribution in [2.45, 2.75) is 59.5 Å². The minimum Gasteiger partial charge on any atom is -0.393 e. The molecule has 0 aromatic heterocycles. The molecule has 1 N–H and O–H groups in total. The lowest BCUT2D eigenvalue weighted by molar-refractivity contribution is 0.176. The molecule has 0 aliphatic carbocycles. The van der Waals surface area contributed by atoms with Gasteiger partial charge in [0.1, 0.15) is 0 Å². The third kappa shape index (κ3) is 9.86. The smallest absolute Gasteiger partial charge is 0.0512 e. The quantitative estimate of drug-likeness (QED) is 0.545. The van der Waals surface area contributed by atoms with Crippen LogP contribution in [0.25, 0.3) is 0 Å². The van der Waals surface area contributed by atoms with Crippen molar-refractivity contribution in [1.82, 2.24) is 9.80 Å². The van der Waals surface area contributed by atoms with Crippen molar-refractivity contribution in [1.29, 1.82) is 0 Å². The van der Waals surface area contributed by atoms with Crippen LogP contribution in [0.5, 0.6) is 0 Å². The summed E-state index contributed by atoms with van der Waals surface area (Å²) >= 11 is 0. The molecule has 0 aromatic rings. The average Bonchev–Trinajstić information content (AvgIpc) is 2.36. The molecule has 0 saturated heterocycles. The van der Waals surface area contributed by atoms with Gasteiger partial charge >= 0.3 is 0 Å². The van der Waals surface area contributed by atoms with Gasteiger partial charge in [-0.25, -0.2) is 0 Å². The van der Waals surface area contributed by atoms with Crippen molar-refractivity contribution in [3.63, 3.8) is 0 Å². The van der Waals surface area contributed by atoms with Crippen LogP contribution in [0.3, 0.4) is 0 Å². The lowest BCUT2D eigenvalue weighted by Gasteiger charge is -2.23. The second-order valence-corrected chi connectivity index (χ2v) is 5.16. The minimum atomic E-state index is -0.136. The van der Waals surface area contributed by atoms with Crippen molar-refractivity contribution in [3.8, 4) is 0 Å². The van der Waals surface area contributed by atoms with Crippen molar-refractivity contribution in [3.05, 3.63) is 0 Å². The van der Waals surface area contributed by atoms with Crippen molar-refractivity contribution in [2.75, 3.05) is 39.3 Å². The largest absolute Gasteiger partial charge is 0.393 e. The molecular weight excluding hydrogens is 224 g/mol. The van der Waals surface area contributed by atoms with Gasteiger partial charge in [-0.1, -0.05) is 20.8 Å². The Morgan fingerprint density at radius 2 is 1.28 bits per heavy atom. The predicted molar refractivity (Wildman–Crippen MR) is 80.1 cm³/mol. The van der Waals surface area contributed by atoms with Crippen LogP contribution in [0.4, 0.5) is 0 Å². The molecule has 3 heteroatoms. The van der Waals surface area contributed by atoms with Gasteiger partial charge in [0.05, 0.1) is 6.10 Å². The van der Waals surface area contributed by atoms with Crippen molar-refractivity contribution < 1.29 is 5.11 Å². The molecule has 3 nitrogen and oxygen atoms in total. The number of rotatable bonds is 12. The molecule has 0 aromatic carbocycles. The van der Waals surface area contributed by atoms with Gasteiger partial charge in [-0.05, 0) is 71.9 Å². The molecule has 0 aliphatic heterocycles. The van der Waals surface area contributed by atoms with Gasteiger partial charge in [-0.15, -0.1) is 0 Å². The van der Waals surface area contributed by atoms with E-state index in [1.807, 2.05) is 6.92 Å². The molecule has 0 rings (SSSR count). The summed E-state index contributed by atoms with van der Waals surface area (Å²) in [4.78, 5) is 5.02.